The highest BCUT2D eigenvalue weighted by Crippen LogP contribution is 2.22. The molecule has 0 fully saturated rings. The summed E-state index contributed by atoms with van der Waals surface area (Å²) in [6.45, 7) is 0. The molecule has 0 radical (unpaired) electrons. The Morgan fingerprint density at radius 2 is 1.91 bits per heavy atom. The van der Waals surface area contributed by atoms with E-state index in [2.05, 4.69) is 41.2 Å². The lowest BCUT2D eigenvalue weighted by Gasteiger charge is -2.19. The smallest absolute Gasteiger partial charge is 0.0368 e. The minimum Gasteiger partial charge on any atom is -0.351 e. The molecule has 0 aliphatic heterocycles. The summed E-state index contributed by atoms with van der Waals surface area (Å²) < 4.78 is 2.31. The zero-order valence-corrected chi connectivity index (χ0v) is 6.61. The largest absolute Gasteiger partial charge is 0.351 e. The fourth-order valence-corrected chi connectivity index (χ4v) is 1.64. The van der Waals surface area contributed by atoms with Crippen LogP contribution in [-0.4, -0.2) is 4.57 Å². The number of allylic oxidation sites excluding steroid dienone is 2. The van der Waals surface area contributed by atoms with Gasteiger partial charge in [-0.2, -0.15) is 0 Å². The van der Waals surface area contributed by atoms with Crippen LogP contribution in [0.15, 0.2) is 36.7 Å². The highest BCUT2D eigenvalue weighted by Gasteiger charge is 2.09. The fourth-order valence-electron chi connectivity index (χ4n) is 1.64. The van der Waals surface area contributed by atoms with Crippen molar-refractivity contribution in [3.05, 3.63) is 36.7 Å². The molecular formula is C10H13N. The number of aromatic nitrogens is 1. The third-order valence-corrected chi connectivity index (χ3v) is 2.29. The molecule has 1 atom stereocenters. The lowest BCUT2D eigenvalue weighted by atomic mass is 10.0. The van der Waals surface area contributed by atoms with Gasteiger partial charge >= 0.3 is 0 Å². The summed E-state index contributed by atoms with van der Waals surface area (Å²) in [6.07, 6.45) is 12.6. The van der Waals surface area contributed by atoms with Gasteiger partial charge in [0.05, 0.1) is 0 Å². The minimum absolute atomic E-state index is 0.718. The summed E-state index contributed by atoms with van der Waals surface area (Å²) in [6, 6.07) is 4.91. The molecule has 0 N–H and O–H groups in total. The number of rotatable bonds is 1. The normalized spacial score (nSPS) is 23.8. The first-order valence-corrected chi connectivity index (χ1v) is 4.24. The highest BCUT2D eigenvalue weighted by molar-refractivity contribution is 4.98. The van der Waals surface area contributed by atoms with Gasteiger partial charge in [0, 0.05) is 18.4 Å². The molecular weight excluding hydrogens is 134 g/mol. The third-order valence-electron chi connectivity index (χ3n) is 2.29. The molecule has 0 saturated heterocycles. The maximum absolute atomic E-state index is 2.31. The van der Waals surface area contributed by atoms with Crippen molar-refractivity contribution >= 4 is 0 Å². The van der Waals surface area contributed by atoms with Crippen LogP contribution in [0.1, 0.15) is 25.3 Å². The van der Waals surface area contributed by atoms with Crippen LogP contribution in [0.3, 0.4) is 0 Å². The average Bonchev–Trinajstić information content (AvgIpc) is 2.58. The van der Waals surface area contributed by atoms with Gasteiger partial charge in [0.25, 0.3) is 0 Å². The summed E-state index contributed by atoms with van der Waals surface area (Å²) in [5, 5.41) is 0. The SMILES string of the molecule is C1=CCC(n2cccc2)CC1. The Morgan fingerprint density at radius 1 is 1.09 bits per heavy atom. The molecule has 58 valence electrons. The molecule has 1 heteroatoms. The Hall–Kier alpha value is -0.980. The number of hydrogen-bond acceptors (Lipinski definition) is 0. The van der Waals surface area contributed by atoms with Gasteiger partial charge in [0.2, 0.25) is 0 Å². The van der Waals surface area contributed by atoms with Gasteiger partial charge in [-0.3, -0.25) is 0 Å². The molecule has 0 amide bonds. The first kappa shape index (κ1) is 6.71. The second-order valence-electron chi connectivity index (χ2n) is 3.07. The lowest BCUT2D eigenvalue weighted by Crippen LogP contribution is -2.07. The van der Waals surface area contributed by atoms with Gasteiger partial charge in [0.1, 0.15) is 0 Å². The fraction of sp³-hybridized carbons (Fsp3) is 0.400. The predicted octanol–water partition coefficient (Wildman–Crippen LogP) is 2.77. The summed E-state index contributed by atoms with van der Waals surface area (Å²) in [7, 11) is 0. The molecule has 1 aliphatic carbocycles. The summed E-state index contributed by atoms with van der Waals surface area (Å²) in [5.41, 5.74) is 0. The molecule has 1 aromatic heterocycles. The molecule has 1 unspecified atom stereocenters. The molecule has 1 aromatic rings. The molecule has 0 bridgehead atoms. The van der Waals surface area contributed by atoms with Crippen molar-refractivity contribution in [2.45, 2.75) is 25.3 Å². The minimum atomic E-state index is 0.718. The Bertz CT molecular complexity index is 233. The monoisotopic (exact) mass is 147 g/mol. The van der Waals surface area contributed by atoms with Crippen LogP contribution >= 0.6 is 0 Å². The second-order valence-corrected chi connectivity index (χ2v) is 3.07. The third kappa shape index (κ3) is 1.37. The van der Waals surface area contributed by atoms with Crippen molar-refractivity contribution in [1.29, 1.82) is 0 Å². The first-order valence-electron chi connectivity index (χ1n) is 4.24. The first-order chi connectivity index (χ1) is 5.47. The lowest BCUT2D eigenvalue weighted by molar-refractivity contribution is 0.462. The van der Waals surface area contributed by atoms with Gasteiger partial charge in [-0.05, 0) is 31.4 Å². The number of nitrogens with zero attached hydrogens (tertiary/aromatic N) is 1. The van der Waals surface area contributed by atoms with Crippen LogP contribution in [-0.2, 0) is 0 Å². The van der Waals surface area contributed by atoms with Gasteiger partial charge in [0.15, 0.2) is 0 Å². The molecule has 0 spiro atoms. The molecule has 1 nitrogen and oxygen atoms in total. The molecule has 0 saturated carbocycles. The van der Waals surface area contributed by atoms with Crippen molar-refractivity contribution in [2.24, 2.45) is 0 Å². The standard InChI is InChI=1S/C10H13N/c1-2-6-10(7-3-1)11-8-4-5-9-11/h1-2,4-5,8-10H,3,6-7H2. The van der Waals surface area contributed by atoms with Crippen LogP contribution < -0.4 is 0 Å². The summed E-state index contributed by atoms with van der Waals surface area (Å²) >= 11 is 0. The van der Waals surface area contributed by atoms with Gasteiger partial charge in [-0.25, -0.2) is 0 Å². The van der Waals surface area contributed by atoms with E-state index in [0.717, 1.165) is 6.04 Å². The van der Waals surface area contributed by atoms with E-state index >= 15 is 0 Å². The second kappa shape index (κ2) is 2.95. The van der Waals surface area contributed by atoms with Gasteiger partial charge < -0.3 is 4.57 Å². The van der Waals surface area contributed by atoms with E-state index in [1.807, 2.05) is 0 Å². The zero-order valence-electron chi connectivity index (χ0n) is 6.61. The van der Waals surface area contributed by atoms with Gasteiger partial charge in [-0.15, -0.1) is 0 Å². The van der Waals surface area contributed by atoms with Crippen LogP contribution in [0.4, 0.5) is 0 Å². The zero-order chi connectivity index (χ0) is 7.52. The quantitative estimate of drug-likeness (QED) is 0.538. The summed E-state index contributed by atoms with van der Waals surface area (Å²) in [4.78, 5) is 0. The molecule has 0 aromatic carbocycles. The molecule has 2 rings (SSSR count). The van der Waals surface area contributed by atoms with E-state index in [1.54, 1.807) is 0 Å². The van der Waals surface area contributed by atoms with Crippen LogP contribution in [0.5, 0.6) is 0 Å². The van der Waals surface area contributed by atoms with Gasteiger partial charge in [-0.1, -0.05) is 12.2 Å². The maximum Gasteiger partial charge on any atom is 0.0368 e. The van der Waals surface area contributed by atoms with Crippen molar-refractivity contribution in [2.75, 3.05) is 0 Å². The average molecular weight is 147 g/mol. The molecule has 1 aliphatic rings. The molecule has 11 heavy (non-hydrogen) atoms. The van der Waals surface area contributed by atoms with E-state index < -0.39 is 0 Å². The van der Waals surface area contributed by atoms with Crippen molar-refractivity contribution < 1.29 is 0 Å². The van der Waals surface area contributed by atoms with E-state index in [1.165, 1.54) is 19.3 Å². The van der Waals surface area contributed by atoms with E-state index in [9.17, 15) is 0 Å². The van der Waals surface area contributed by atoms with Crippen molar-refractivity contribution in [3.63, 3.8) is 0 Å². The Balaban J connectivity index is 2.11. The summed E-state index contributed by atoms with van der Waals surface area (Å²) in [5.74, 6) is 0. The van der Waals surface area contributed by atoms with E-state index in [-0.39, 0.29) is 0 Å². The topological polar surface area (TPSA) is 4.93 Å². The van der Waals surface area contributed by atoms with E-state index in [0.29, 0.717) is 0 Å². The predicted molar refractivity (Wildman–Crippen MR) is 46.5 cm³/mol. The molecule has 1 heterocycles. The number of hydrogen-bond donors (Lipinski definition) is 0. The maximum atomic E-state index is 2.31. The van der Waals surface area contributed by atoms with Crippen LogP contribution in [0, 0.1) is 0 Å². The van der Waals surface area contributed by atoms with Crippen LogP contribution in [0.25, 0.3) is 0 Å². The van der Waals surface area contributed by atoms with Crippen LogP contribution in [0.2, 0.25) is 0 Å². The van der Waals surface area contributed by atoms with Crippen molar-refractivity contribution in [1.82, 2.24) is 4.57 Å². The Kier molecular flexibility index (Phi) is 1.80. The Labute approximate surface area is 67.3 Å². The highest BCUT2D eigenvalue weighted by atomic mass is 15.0. The van der Waals surface area contributed by atoms with Crippen molar-refractivity contribution in [3.8, 4) is 0 Å². The van der Waals surface area contributed by atoms with E-state index in [4.69, 9.17) is 0 Å². The Morgan fingerprint density at radius 3 is 2.55 bits per heavy atom.